The van der Waals surface area contributed by atoms with Crippen LogP contribution in [-0.2, 0) is 9.59 Å². The zero-order valence-corrected chi connectivity index (χ0v) is 16.2. The Bertz CT molecular complexity index is 849. The van der Waals surface area contributed by atoms with E-state index in [2.05, 4.69) is 20.9 Å². The van der Waals surface area contributed by atoms with E-state index in [4.69, 9.17) is 0 Å². The fourth-order valence-electron chi connectivity index (χ4n) is 4.05. The maximum Gasteiger partial charge on any atom is 0.262 e. The molecular weight excluding hydrogens is 374 g/mol. The van der Waals surface area contributed by atoms with Crippen LogP contribution in [0.25, 0.3) is 0 Å². The smallest absolute Gasteiger partial charge is 0.262 e. The van der Waals surface area contributed by atoms with Crippen molar-refractivity contribution in [2.75, 3.05) is 44.6 Å². The summed E-state index contributed by atoms with van der Waals surface area (Å²) in [6.07, 6.45) is 1.25. The molecule has 0 bridgehead atoms. The van der Waals surface area contributed by atoms with E-state index in [1.165, 1.54) is 0 Å². The van der Waals surface area contributed by atoms with Crippen molar-refractivity contribution in [3.05, 3.63) is 29.3 Å². The average Bonchev–Trinajstić information content (AvgIpc) is 2.96. The lowest BCUT2D eigenvalue weighted by molar-refractivity contribution is -0.136. The van der Waals surface area contributed by atoms with Gasteiger partial charge < -0.3 is 15.5 Å². The maximum absolute atomic E-state index is 12.8. The van der Waals surface area contributed by atoms with Crippen molar-refractivity contribution < 1.29 is 19.2 Å². The van der Waals surface area contributed by atoms with Crippen LogP contribution in [0.3, 0.4) is 0 Å². The SMILES string of the molecule is O=C1CCC(N2C(=O)c3ccc(NCCCN4CCNCC4)cc3C2=O)C(=O)N1. The van der Waals surface area contributed by atoms with Gasteiger partial charge in [0, 0.05) is 44.8 Å². The van der Waals surface area contributed by atoms with Crippen LogP contribution in [0.1, 0.15) is 40.0 Å². The first-order chi connectivity index (χ1) is 14.0. The summed E-state index contributed by atoms with van der Waals surface area (Å²) < 4.78 is 0. The number of nitrogens with one attached hydrogen (secondary N) is 3. The molecule has 4 amide bonds. The van der Waals surface area contributed by atoms with Crippen molar-refractivity contribution in [2.24, 2.45) is 0 Å². The zero-order chi connectivity index (χ0) is 20.4. The molecule has 3 aliphatic rings. The van der Waals surface area contributed by atoms with Crippen molar-refractivity contribution in [3.8, 4) is 0 Å². The van der Waals surface area contributed by atoms with Crippen LogP contribution in [0.5, 0.6) is 0 Å². The van der Waals surface area contributed by atoms with Crippen LogP contribution < -0.4 is 16.0 Å². The number of carbonyl (C=O) groups excluding carboxylic acids is 4. The van der Waals surface area contributed by atoms with E-state index in [0.29, 0.717) is 11.1 Å². The summed E-state index contributed by atoms with van der Waals surface area (Å²) in [5.41, 5.74) is 1.37. The minimum atomic E-state index is -0.935. The number of anilines is 1. The highest BCUT2D eigenvalue weighted by atomic mass is 16.2. The summed E-state index contributed by atoms with van der Waals surface area (Å²) in [4.78, 5) is 52.4. The standard InChI is InChI=1S/C20H25N5O4/c26-17-5-4-16(18(27)23-17)25-19(28)14-3-2-13(12-15(14)20(25)29)22-6-1-9-24-10-7-21-8-11-24/h2-3,12,16,21-22H,1,4-11H2,(H,23,26,27). The number of piperazine rings is 1. The Hall–Kier alpha value is -2.78. The molecule has 0 aromatic heterocycles. The first kappa shape index (κ1) is 19.5. The average molecular weight is 399 g/mol. The molecule has 2 saturated heterocycles. The predicted octanol–water partition coefficient (Wildman–Crippen LogP) is -0.205. The highest BCUT2D eigenvalue weighted by molar-refractivity contribution is 6.23. The number of fused-ring (bicyclic) bond motifs is 1. The van der Waals surface area contributed by atoms with Gasteiger partial charge in [0.2, 0.25) is 11.8 Å². The van der Waals surface area contributed by atoms with Crippen LogP contribution in [0.4, 0.5) is 5.69 Å². The van der Waals surface area contributed by atoms with Crippen LogP contribution in [0.2, 0.25) is 0 Å². The minimum Gasteiger partial charge on any atom is -0.385 e. The summed E-state index contributed by atoms with van der Waals surface area (Å²) in [5.74, 6) is -1.94. The number of imide groups is 2. The third-order valence-electron chi connectivity index (χ3n) is 5.63. The minimum absolute atomic E-state index is 0.115. The molecule has 154 valence electrons. The summed E-state index contributed by atoms with van der Waals surface area (Å²) in [5, 5.41) is 8.84. The van der Waals surface area contributed by atoms with Gasteiger partial charge in [-0.1, -0.05) is 0 Å². The molecule has 4 rings (SSSR count). The molecule has 1 aromatic rings. The molecular formula is C20H25N5O4. The largest absolute Gasteiger partial charge is 0.385 e. The quantitative estimate of drug-likeness (QED) is 0.449. The fourth-order valence-corrected chi connectivity index (χ4v) is 4.05. The Kier molecular flexibility index (Phi) is 5.59. The summed E-state index contributed by atoms with van der Waals surface area (Å²) >= 11 is 0. The second-order valence-corrected chi connectivity index (χ2v) is 7.58. The number of carbonyl (C=O) groups is 4. The third-order valence-corrected chi connectivity index (χ3v) is 5.63. The Morgan fingerprint density at radius 3 is 2.55 bits per heavy atom. The Labute approximate surface area is 168 Å². The lowest BCUT2D eigenvalue weighted by atomic mass is 10.0. The van der Waals surface area contributed by atoms with Gasteiger partial charge in [-0.3, -0.25) is 29.4 Å². The number of piperidine rings is 1. The number of nitrogens with zero attached hydrogens (tertiary/aromatic N) is 2. The van der Waals surface area contributed by atoms with E-state index in [0.717, 1.165) is 56.3 Å². The molecule has 3 N–H and O–H groups in total. The molecule has 3 aliphatic heterocycles. The third kappa shape index (κ3) is 4.01. The molecule has 0 spiro atoms. The first-order valence-corrected chi connectivity index (χ1v) is 10.1. The summed E-state index contributed by atoms with van der Waals surface area (Å²) in [6, 6.07) is 4.14. The number of amides is 4. The van der Waals surface area contributed by atoms with Gasteiger partial charge >= 0.3 is 0 Å². The van der Waals surface area contributed by atoms with E-state index in [1.807, 2.05) is 0 Å². The van der Waals surface area contributed by atoms with E-state index in [1.54, 1.807) is 18.2 Å². The van der Waals surface area contributed by atoms with E-state index in [9.17, 15) is 19.2 Å². The molecule has 2 fully saturated rings. The maximum atomic E-state index is 12.8. The second kappa shape index (κ2) is 8.30. The van der Waals surface area contributed by atoms with Gasteiger partial charge in [0.15, 0.2) is 0 Å². The monoisotopic (exact) mass is 399 g/mol. The lowest BCUT2D eigenvalue weighted by Crippen LogP contribution is -2.54. The van der Waals surface area contributed by atoms with Crippen molar-refractivity contribution in [3.63, 3.8) is 0 Å². The topological polar surface area (TPSA) is 111 Å². The summed E-state index contributed by atoms with van der Waals surface area (Å²) in [7, 11) is 0. The van der Waals surface area contributed by atoms with Crippen molar-refractivity contribution >= 4 is 29.3 Å². The summed E-state index contributed by atoms with van der Waals surface area (Å²) in [6.45, 7) is 5.95. The molecule has 3 heterocycles. The number of benzene rings is 1. The molecule has 9 heteroatoms. The van der Waals surface area contributed by atoms with E-state index < -0.39 is 23.8 Å². The van der Waals surface area contributed by atoms with Crippen LogP contribution in [-0.4, -0.2) is 78.7 Å². The highest BCUT2D eigenvalue weighted by Gasteiger charge is 2.44. The van der Waals surface area contributed by atoms with Gasteiger partial charge in [-0.05, 0) is 37.6 Å². The van der Waals surface area contributed by atoms with Crippen LogP contribution >= 0.6 is 0 Å². The van der Waals surface area contributed by atoms with Crippen LogP contribution in [0, 0.1) is 0 Å². The van der Waals surface area contributed by atoms with Crippen LogP contribution in [0.15, 0.2) is 18.2 Å². The number of hydrogen-bond acceptors (Lipinski definition) is 7. The zero-order valence-electron chi connectivity index (χ0n) is 16.2. The Balaban J connectivity index is 1.38. The van der Waals surface area contributed by atoms with Gasteiger partial charge in [0.25, 0.3) is 11.8 Å². The van der Waals surface area contributed by atoms with Crippen molar-refractivity contribution in [2.45, 2.75) is 25.3 Å². The fraction of sp³-hybridized carbons (Fsp3) is 0.500. The predicted molar refractivity (Wildman–Crippen MR) is 106 cm³/mol. The second-order valence-electron chi connectivity index (χ2n) is 7.58. The van der Waals surface area contributed by atoms with E-state index >= 15 is 0 Å². The van der Waals surface area contributed by atoms with Gasteiger partial charge in [-0.15, -0.1) is 0 Å². The normalized spacial score (nSPS) is 22.6. The van der Waals surface area contributed by atoms with Gasteiger partial charge in [0.05, 0.1) is 11.1 Å². The Morgan fingerprint density at radius 2 is 1.79 bits per heavy atom. The van der Waals surface area contributed by atoms with E-state index in [-0.39, 0.29) is 18.7 Å². The van der Waals surface area contributed by atoms with Gasteiger partial charge in [-0.25, -0.2) is 0 Å². The van der Waals surface area contributed by atoms with Crippen molar-refractivity contribution in [1.82, 2.24) is 20.4 Å². The van der Waals surface area contributed by atoms with Crippen molar-refractivity contribution in [1.29, 1.82) is 0 Å². The molecule has 9 nitrogen and oxygen atoms in total. The molecule has 1 unspecified atom stereocenters. The molecule has 1 aromatic carbocycles. The lowest BCUT2D eigenvalue weighted by Gasteiger charge is -2.27. The Morgan fingerprint density at radius 1 is 1.03 bits per heavy atom. The van der Waals surface area contributed by atoms with Gasteiger partial charge in [0.1, 0.15) is 6.04 Å². The van der Waals surface area contributed by atoms with Gasteiger partial charge in [-0.2, -0.15) is 0 Å². The molecule has 0 saturated carbocycles. The molecule has 1 atom stereocenters. The molecule has 0 radical (unpaired) electrons. The molecule has 29 heavy (non-hydrogen) atoms. The first-order valence-electron chi connectivity index (χ1n) is 10.1. The number of rotatable bonds is 6. The molecule has 0 aliphatic carbocycles. The number of hydrogen-bond donors (Lipinski definition) is 3. The highest BCUT2D eigenvalue weighted by Crippen LogP contribution is 2.29.